The van der Waals surface area contributed by atoms with Gasteiger partial charge in [0.1, 0.15) is 6.61 Å². The lowest BCUT2D eigenvalue weighted by atomic mass is 10.2. The minimum absolute atomic E-state index is 0.193. The summed E-state index contributed by atoms with van der Waals surface area (Å²) in [6.45, 7) is 0.193. The van der Waals surface area contributed by atoms with Crippen molar-refractivity contribution in [1.29, 1.82) is 0 Å². The van der Waals surface area contributed by atoms with Crippen LogP contribution < -0.4 is 5.73 Å². The second-order valence-corrected chi connectivity index (χ2v) is 5.73. The van der Waals surface area contributed by atoms with Gasteiger partial charge in [-0.1, -0.05) is 23.2 Å². The quantitative estimate of drug-likeness (QED) is 0.689. The number of nitrogens with two attached hydrogens (primary N) is 1. The minimum Gasteiger partial charge on any atom is -0.456 e. The van der Waals surface area contributed by atoms with Gasteiger partial charge in [-0.2, -0.15) is 0 Å². The van der Waals surface area contributed by atoms with Gasteiger partial charge in [-0.15, -0.1) is 11.3 Å². The molecule has 1 aromatic carbocycles. The number of thiophene rings is 1. The van der Waals surface area contributed by atoms with E-state index in [1.807, 2.05) is 6.07 Å². The van der Waals surface area contributed by atoms with Crippen LogP contribution in [-0.2, 0) is 11.3 Å². The molecule has 2 N–H and O–H groups in total. The summed E-state index contributed by atoms with van der Waals surface area (Å²) in [5.41, 5.74) is 6.34. The van der Waals surface area contributed by atoms with Crippen LogP contribution in [0.25, 0.3) is 0 Å². The van der Waals surface area contributed by atoms with Gasteiger partial charge in [-0.25, -0.2) is 4.79 Å². The number of hydrogen-bond donors (Lipinski definition) is 1. The molecule has 0 fully saturated rings. The Labute approximate surface area is 118 Å². The molecule has 0 aliphatic heterocycles. The first kappa shape index (κ1) is 13.2. The molecule has 0 saturated heterocycles. The normalized spacial score (nSPS) is 10.3. The number of carbonyl (C=O) groups is 1. The third-order valence-corrected chi connectivity index (χ3v) is 3.75. The highest BCUT2D eigenvalue weighted by atomic mass is 35.5. The van der Waals surface area contributed by atoms with E-state index in [1.54, 1.807) is 18.2 Å². The second-order valence-electron chi connectivity index (χ2n) is 3.52. The highest BCUT2D eigenvalue weighted by Crippen LogP contribution is 2.23. The standard InChI is InChI=1S/C12H9Cl2NO2S/c13-9-3-1-7(5-10(9)15)12(16)17-6-8-2-4-11(14)18-8/h1-5H,6,15H2. The third-order valence-electron chi connectivity index (χ3n) is 2.21. The van der Waals surface area contributed by atoms with Crippen molar-refractivity contribution in [3.05, 3.63) is 50.1 Å². The molecule has 94 valence electrons. The van der Waals surface area contributed by atoms with Crippen LogP contribution in [0.5, 0.6) is 0 Å². The fourth-order valence-electron chi connectivity index (χ4n) is 1.32. The number of nitrogen functional groups attached to an aromatic ring is 1. The van der Waals surface area contributed by atoms with Crippen molar-refractivity contribution in [1.82, 2.24) is 0 Å². The van der Waals surface area contributed by atoms with Crippen molar-refractivity contribution in [2.45, 2.75) is 6.61 Å². The fourth-order valence-corrected chi connectivity index (χ4v) is 2.44. The van der Waals surface area contributed by atoms with Crippen molar-refractivity contribution in [3.8, 4) is 0 Å². The number of anilines is 1. The molecule has 3 nitrogen and oxygen atoms in total. The molecule has 0 spiro atoms. The summed E-state index contributed by atoms with van der Waals surface area (Å²) < 4.78 is 5.80. The molecule has 0 amide bonds. The summed E-state index contributed by atoms with van der Waals surface area (Å²) in [5.74, 6) is -0.442. The van der Waals surface area contributed by atoms with E-state index in [-0.39, 0.29) is 6.61 Å². The number of benzene rings is 1. The van der Waals surface area contributed by atoms with Crippen LogP contribution in [0.3, 0.4) is 0 Å². The molecule has 2 aromatic rings. The molecule has 1 heterocycles. The second kappa shape index (κ2) is 5.61. The molecular weight excluding hydrogens is 293 g/mol. The van der Waals surface area contributed by atoms with E-state index >= 15 is 0 Å². The molecule has 0 bridgehead atoms. The number of rotatable bonds is 3. The molecular formula is C12H9Cl2NO2S. The van der Waals surface area contributed by atoms with Crippen molar-refractivity contribution in [2.24, 2.45) is 0 Å². The molecule has 1 aromatic heterocycles. The summed E-state index contributed by atoms with van der Waals surface area (Å²) in [4.78, 5) is 12.6. The molecule has 0 aliphatic carbocycles. The Morgan fingerprint density at radius 3 is 2.67 bits per heavy atom. The van der Waals surface area contributed by atoms with Crippen LogP contribution in [-0.4, -0.2) is 5.97 Å². The Hall–Kier alpha value is -1.23. The minimum atomic E-state index is -0.442. The molecule has 2 rings (SSSR count). The zero-order valence-corrected chi connectivity index (χ0v) is 11.5. The van der Waals surface area contributed by atoms with Crippen molar-refractivity contribution < 1.29 is 9.53 Å². The lowest BCUT2D eigenvalue weighted by Crippen LogP contribution is -2.05. The lowest BCUT2D eigenvalue weighted by Gasteiger charge is -2.04. The molecule has 6 heteroatoms. The van der Waals surface area contributed by atoms with Gasteiger partial charge in [0.05, 0.1) is 20.6 Å². The number of esters is 1. The Morgan fingerprint density at radius 2 is 2.06 bits per heavy atom. The first-order chi connectivity index (χ1) is 8.56. The summed E-state index contributed by atoms with van der Waals surface area (Å²) in [5, 5.41) is 0.414. The van der Waals surface area contributed by atoms with Crippen molar-refractivity contribution >= 4 is 46.2 Å². The Morgan fingerprint density at radius 1 is 1.28 bits per heavy atom. The van der Waals surface area contributed by atoms with E-state index in [4.69, 9.17) is 33.7 Å². The maximum Gasteiger partial charge on any atom is 0.338 e. The van der Waals surface area contributed by atoms with Crippen LogP contribution in [0.15, 0.2) is 30.3 Å². The maximum absolute atomic E-state index is 11.7. The SMILES string of the molecule is Nc1cc(C(=O)OCc2ccc(Cl)s2)ccc1Cl. The van der Waals surface area contributed by atoms with Crippen LogP contribution in [0.2, 0.25) is 9.36 Å². The van der Waals surface area contributed by atoms with Gasteiger partial charge in [0, 0.05) is 4.88 Å². The van der Waals surface area contributed by atoms with E-state index in [0.717, 1.165) is 4.88 Å². The number of carbonyl (C=O) groups excluding carboxylic acids is 1. The zero-order chi connectivity index (χ0) is 13.1. The highest BCUT2D eigenvalue weighted by molar-refractivity contribution is 7.16. The van der Waals surface area contributed by atoms with E-state index in [2.05, 4.69) is 0 Å². The maximum atomic E-state index is 11.7. The number of halogens is 2. The van der Waals surface area contributed by atoms with Crippen LogP contribution in [0.1, 0.15) is 15.2 Å². The van der Waals surface area contributed by atoms with Gasteiger partial charge in [0.2, 0.25) is 0 Å². The predicted molar refractivity (Wildman–Crippen MR) is 74.3 cm³/mol. The molecule has 0 atom stereocenters. The van der Waals surface area contributed by atoms with Gasteiger partial charge in [0.15, 0.2) is 0 Å². The Balaban J connectivity index is 2.01. The smallest absolute Gasteiger partial charge is 0.338 e. The Bertz CT molecular complexity index is 583. The first-order valence-corrected chi connectivity index (χ1v) is 6.60. The largest absolute Gasteiger partial charge is 0.456 e. The average molecular weight is 302 g/mol. The summed E-state index contributed by atoms with van der Waals surface area (Å²) >= 11 is 12.9. The van der Waals surface area contributed by atoms with E-state index in [9.17, 15) is 4.79 Å². The number of hydrogen-bond acceptors (Lipinski definition) is 4. The van der Waals surface area contributed by atoms with E-state index in [1.165, 1.54) is 17.4 Å². The molecule has 0 aliphatic rings. The van der Waals surface area contributed by atoms with Crippen LogP contribution in [0, 0.1) is 0 Å². The van der Waals surface area contributed by atoms with Gasteiger partial charge in [-0.05, 0) is 30.3 Å². The van der Waals surface area contributed by atoms with Crippen molar-refractivity contribution in [3.63, 3.8) is 0 Å². The zero-order valence-electron chi connectivity index (χ0n) is 9.15. The predicted octanol–water partition coefficient (Wildman–Crippen LogP) is 3.99. The van der Waals surface area contributed by atoms with Gasteiger partial charge < -0.3 is 10.5 Å². The lowest BCUT2D eigenvalue weighted by molar-refractivity contribution is 0.0477. The summed E-state index contributed by atoms with van der Waals surface area (Å²) in [7, 11) is 0. The molecule has 0 radical (unpaired) electrons. The Kier molecular flexibility index (Phi) is 4.11. The monoisotopic (exact) mass is 301 g/mol. The number of ether oxygens (including phenoxy) is 1. The van der Waals surface area contributed by atoms with Gasteiger partial charge in [-0.3, -0.25) is 0 Å². The van der Waals surface area contributed by atoms with E-state index in [0.29, 0.717) is 20.6 Å². The van der Waals surface area contributed by atoms with Crippen LogP contribution in [0.4, 0.5) is 5.69 Å². The fraction of sp³-hybridized carbons (Fsp3) is 0.0833. The molecule has 18 heavy (non-hydrogen) atoms. The average Bonchev–Trinajstić information content (AvgIpc) is 2.75. The van der Waals surface area contributed by atoms with E-state index < -0.39 is 5.97 Å². The van der Waals surface area contributed by atoms with Gasteiger partial charge >= 0.3 is 5.97 Å². The molecule has 0 unspecified atom stereocenters. The summed E-state index contributed by atoms with van der Waals surface area (Å²) in [6.07, 6.45) is 0. The van der Waals surface area contributed by atoms with Gasteiger partial charge in [0.25, 0.3) is 0 Å². The third kappa shape index (κ3) is 3.16. The highest BCUT2D eigenvalue weighted by Gasteiger charge is 2.09. The van der Waals surface area contributed by atoms with Crippen molar-refractivity contribution in [2.75, 3.05) is 5.73 Å². The first-order valence-electron chi connectivity index (χ1n) is 5.02. The molecule has 0 saturated carbocycles. The topological polar surface area (TPSA) is 52.3 Å². The van der Waals surface area contributed by atoms with Crippen LogP contribution >= 0.6 is 34.5 Å². The summed E-state index contributed by atoms with van der Waals surface area (Å²) in [6, 6.07) is 8.20.